The maximum absolute atomic E-state index is 13.9. The Morgan fingerprint density at radius 3 is 2.33 bits per heavy atom. The van der Waals surface area contributed by atoms with Crippen molar-refractivity contribution in [1.82, 2.24) is 5.32 Å². The molecule has 0 aliphatic heterocycles. The first-order valence-electron chi connectivity index (χ1n) is 6.95. The molecule has 1 aliphatic carbocycles. The number of nitrogens with one attached hydrogen (secondary N) is 1. The topological polar surface area (TPSA) is 107 Å². The monoisotopic (exact) mass is 344 g/mol. The van der Waals surface area contributed by atoms with Crippen LogP contribution < -0.4 is 22.5 Å². The van der Waals surface area contributed by atoms with Crippen LogP contribution in [0.25, 0.3) is 5.70 Å². The fraction of sp³-hybridized carbons (Fsp3) is 0.267. The summed E-state index contributed by atoms with van der Waals surface area (Å²) < 4.78 is 53.1. The summed E-state index contributed by atoms with van der Waals surface area (Å²) in [5.41, 5.74) is 15.2. The number of rotatable bonds is 4. The third-order valence-electron chi connectivity index (χ3n) is 3.48. The van der Waals surface area contributed by atoms with Crippen LogP contribution in [0.3, 0.4) is 0 Å². The normalized spacial score (nSPS) is 17.1. The lowest BCUT2D eigenvalue weighted by Crippen LogP contribution is -2.50. The van der Waals surface area contributed by atoms with E-state index >= 15 is 0 Å². The van der Waals surface area contributed by atoms with Crippen LogP contribution in [0.5, 0.6) is 0 Å². The number of carbonyl (C=O) groups excluding carboxylic acids is 1. The Balaban J connectivity index is 2.24. The van der Waals surface area contributed by atoms with E-state index in [0.717, 1.165) is 12.1 Å². The molecule has 0 radical (unpaired) electrons. The molecule has 1 aromatic rings. The minimum atomic E-state index is -2.81. The van der Waals surface area contributed by atoms with Gasteiger partial charge in [0.2, 0.25) is 0 Å². The van der Waals surface area contributed by atoms with Gasteiger partial charge in [-0.25, -0.2) is 17.6 Å². The van der Waals surface area contributed by atoms with Crippen molar-refractivity contribution in [3.63, 3.8) is 0 Å². The smallest absolute Gasteiger partial charge is 0.252 e. The lowest BCUT2D eigenvalue weighted by molar-refractivity contribution is -0.0901. The van der Waals surface area contributed by atoms with Gasteiger partial charge in [0, 0.05) is 35.7 Å². The molecule has 2 rings (SSSR count). The average molecular weight is 344 g/mol. The Kier molecular flexibility index (Phi) is 4.72. The Morgan fingerprint density at radius 2 is 1.79 bits per heavy atom. The standard InChI is InChI=1S/C15H16F4N4O/c16-10-4-7(14(24)23-8-5-15(18,19)6-8)3-9(13(10)17)11(20)1-2-12(21)22/h1-4,8H,5-6,20-22H2,(H,23,24)/b11-1-. The van der Waals surface area contributed by atoms with Gasteiger partial charge in [-0.05, 0) is 24.3 Å². The maximum Gasteiger partial charge on any atom is 0.252 e. The maximum atomic E-state index is 13.9. The quantitative estimate of drug-likeness (QED) is 0.491. The van der Waals surface area contributed by atoms with Crippen LogP contribution >= 0.6 is 0 Å². The first-order chi connectivity index (χ1) is 11.1. The zero-order valence-electron chi connectivity index (χ0n) is 12.5. The van der Waals surface area contributed by atoms with Crippen molar-refractivity contribution < 1.29 is 22.4 Å². The predicted molar refractivity (Wildman–Crippen MR) is 80.4 cm³/mol. The Bertz CT molecular complexity index is 718. The van der Waals surface area contributed by atoms with Gasteiger partial charge in [-0.15, -0.1) is 0 Å². The average Bonchev–Trinajstić information content (AvgIpc) is 2.45. The van der Waals surface area contributed by atoms with Crippen LogP contribution in [0, 0.1) is 11.6 Å². The van der Waals surface area contributed by atoms with E-state index in [4.69, 9.17) is 17.2 Å². The molecule has 0 bridgehead atoms. The lowest BCUT2D eigenvalue weighted by atomic mass is 9.88. The number of allylic oxidation sites excluding steroid dienone is 2. The molecule has 0 unspecified atom stereocenters. The summed E-state index contributed by atoms with van der Waals surface area (Å²) in [5, 5.41) is 2.33. The van der Waals surface area contributed by atoms with E-state index in [1.165, 1.54) is 6.08 Å². The number of hydrogen-bond donors (Lipinski definition) is 4. The van der Waals surface area contributed by atoms with Gasteiger partial charge in [0.1, 0.15) is 0 Å². The minimum Gasteiger partial charge on any atom is -0.398 e. The highest BCUT2D eigenvalue weighted by molar-refractivity contribution is 5.95. The van der Waals surface area contributed by atoms with Crippen LogP contribution in [0.4, 0.5) is 17.6 Å². The molecule has 130 valence electrons. The molecule has 1 aliphatic rings. The Morgan fingerprint density at radius 1 is 1.17 bits per heavy atom. The highest BCUT2D eigenvalue weighted by atomic mass is 19.3. The summed E-state index contributed by atoms with van der Waals surface area (Å²) in [7, 11) is 0. The first kappa shape index (κ1) is 17.6. The van der Waals surface area contributed by atoms with Gasteiger partial charge in [0.15, 0.2) is 11.6 Å². The van der Waals surface area contributed by atoms with Gasteiger partial charge in [-0.1, -0.05) is 0 Å². The molecule has 0 aromatic heterocycles. The van der Waals surface area contributed by atoms with Gasteiger partial charge in [-0.2, -0.15) is 0 Å². The molecule has 1 saturated carbocycles. The van der Waals surface area contributed by atoms with Crippen LogP contribution in [0.1, 0.15) is 28.8 Å². The Labute approximate surface area is 135 Å². The van der Waals surface area contributed by atoms with Crippen molar-refractivity contribution in [2.24, 2.45) is 17.2 Å². The largest absolute Gasteiger partial charge is 0.398 e. The molecule has 9 heteroatoms. The lowest BCUT2D eigenvalue weighted by Gasteiger charge is -2.35. The van der Waals surface area contributed by atoms with E-state index in [-0.39, 0.29) is 22.6 Å². The summed E-state index contributed by atoms with van der Waals surface area (Å²) in [4.78, 5) is 12.0. The number of amides is 1. The molecular weight excluding hydrogens is 328 g/mol. The Hall–Kier alpha value is -2.71. The third kappa shape index (κ3) is 3.98. The van der Waals surface area contributed by atoms with Crippen molar-refractivity contribution >= 4 is 11.6 Å². The molecule has 0 heterocycles. The van der Waals surface area contributed by atoms with Crippen LogP contribution in [0.15, 0.2) is 30.1 Å². The highest BCUT2D eigenvalue weighted by Crippen LogP contribution is 2.37. The van der Waals surface area contributed by atoms with Crippen LogP contribution in [0.2, 0.25) is 0 Å². The van der Waals surface area contributed by atoms with Crippen molar-refractivity contribution in [3.05, 3.63) is 52.9 Å². The zero-order chi connectivity index (χ0) is 18.1. The second-order valence-corrected chi connectivity index (χ2v) is 5.54. The number of carbonyl (C=O) groups is 1. The molecule has 24 heavy (non-hydrogen) atoms. The summed E-state index contributed by atoms with van der Waals surface area (Å²) in [6, 6.07) is 0.986. The number of nitrogens with two attached hydrogens (primary N) is 3. The van der Waals surface area contributed by atoms with E-state index in [1.54, 1.807) is 0 Å². The second kappa shape index (κ2) is 6.42. The summed E-state index contributed by atoms with van der Waals surface area (Å²) in [6.45, 7) is 0. The molecule has 0 spiro atoms. The van der Waals surface area contributed by atoms with Crippen LogP contribution in [-0.4, -0.2) is 17.9 Å². The number of alkyl halides is 2. The number of hydrogen-bond acceptors (Lipinski definition) is 4. The molecule has 1 amide bonds. The third-order valence-corrected chi connectivity index (χ3v) is 3.48. The van der Waals surface area contributed by atoms with Gasteiger partial charge < -0.3 is 22.5 Å². The van der Waals surface area contributed by atoms with E-state index in [9.17, 15) is 22.4 Å². The summed E-state index contributed by atoms with van der Waals surface area (Å²) in [5.74, 6) is -6.24. The highest BCUT2D eigenvalue weighted by Gasteiger charge is 2.46. The summed E-state index contributed by atoms with van der Waals surface area (Å²) in [6.07, 6.45) is 1.35. The number of benzene rings is 1. The van der Waals surface area contributed by atoms with Crippen molar-refractivity contribution in [2.75, 3.05) is 0 Å². The minimum absolute atomic E-state index is 0.0985. The van der Waals surface area contributed by atoms with E-state index in [0.29, 0.717) is 6.07 Å². The molecule has 0 atom stereocenters. The van der Waals surface area contributed by atoms with E-state index in [1.807, 2.05) is 0 Å². The van der Waals surface area contributed by atoms with Crippen LogP contribution in [-0.2, 0) is 0 Å². The van der Waals surface area contributed by atoms with Gasteiger partial charge >= 0.3 is 0 Å². The first-order valence-corrected chi connectivity index (χ1v) is 6.95. The fourth-order valence-electron chi connectivity index (χ4n) is 2.24. The molecular formula is C15H16F4N4O. The fourth-order valence-corrected chi connectivity index (χ4v) is 2.24. The SMILES string of the molecule is NC(N)=C/C=C(\N)c1cc(C(=O)NC2CC(F)(F)C2)cc(F)c1F. The predicted octanol–water partition coefficient (Wildman–Crippen LogP) is 1.55. The molecule has 7 N–H and O–H groups in total. The van der Waals surface area contributed by atoms with E-state index < -0.39 is 42.3 Å². The molecule has 1 aromatic carbocycles. The van der Waals surface area contributed by atoms with Crippen molar-refractivity contribution in [1.29, 1.82) is 0 Å². The van der Waals surface area contributed by atoms with Crippen molar-refractivity contribution in [3.8, 4) is 0 Å². The molecule has 1 fully saturated rings. The molecule has 5 nitrogen and oxygen atoms in total. The van der Waals surface area contributed by atoms with E-state index in [2.05, 4.69) is 5.32 Å². The number of halogens is 4. The zero-order valence-corrected chi connectivity index (χ0v) is 12.5. The molecule has 0 saturated heterocycles. The van der Waals surface area contributed by atoms with Gasteiger partial charge in [0.05, 0.1) is 5.82 Å². The van der Waals surface area contributed by atoms with Gasteiger partial charge in [0.25, 0.3) is 11.8 Å². The van der Waals surface area contributed by atoms with Gasteiger partial charge in [-0.3, -0.25) is 4.79 Å². The second-order valence-electron chi connectivity index (χ2n) is 5.54. The summed E-state index contributed by atoms with van der Waals surface area (Å²) >= 11 is 0. The van der Waals surface area contributed by atoms with Crippen molar-refractivity contribution in [2.45, 2.75) is 24.8 Å².